The molecule has 2 unspecified atom stereocenters. The van der Waals surface area contributed by atoms with Gasteiger partial charge in [0.15, 0.2) is 0 Å². The van der Waals surface area contributed by atoms with E-state index in [4.69, 9.17) is 11.6 Å². The number of rotatable bonds is 4. The van der Waals surface area contributed by atoms with Crippen LogP contribution in [-0.2, 0) is 0 Å². The summed E-state index contributed by atoms with van der Waals surface area (Å²) in [5.74, 6) is 0.547. The maximum Gasteiger partial charge on any atom is 0.0438 e. The first-order valence-electron chi connectivity index (χ1n) is 5.48. The number of aryl methyl sites for hydroxylation is 1. The summed E-state index contributed by atoms with van der Waals surface area (Å²) in [4.78, 5) is 0. The molecule has 0 aliphatic heterocycles. The summed E-state index contributed by atoms with van der Waals surface area (Å²) in [5, 5.41) is 4.13. The van der Waals surface area contributed by atoms with E-state index in [1.54, 1.807) is 0 Å². The zero-order valence-corrected chi connectivity index (χ0v) is 10.7. The Morgan fingerprint density at radius 2 is 2.00 bits per heavy atom. The quantitative estimate of drug-likeness (QED) is 0.823. The minimum absolute atomic E-state index is 0.542. The van der Waals surface area contributed by atoms with Crippen molar-refractivity contribution in [3.8, 4) is 0 Å². The van der Waals surface area contributed by atoms with Gasteiger partial charge in [-0.1, -0.05) is 30.7 Å². The lowest BCUT2D eigenvalue weighted by Crippen LogP contribution is -2.22. The molecule has 2 atom stereocenters. The molecule has 1 aromatic rings. The van der Waals surface area contributed by atoms with Crippen molar-refractivity contribution in [2.45, 2.75) is 39.2 Å². The third kappa shape index (κ3) is 3.51. The van der Waals surface area contributed by atoms with Crippen LogP contribution in [0.25, 0.3) is 0 Å². The normalized spacial score (nSPS) is 15.0. The fourth-order valence-corrected chi connectivity index (χ4v) is 1.89. The molecule has 0 fully saturated rings. The van der Waals surface area contributed by atoms with Crippen LogP contribution in [0.15, 0.2) is 18.2 Å². The monoisotopic (exact) mass is 225 g/mol. The molecule has 0 heterocycles. The Balaban J connectivity index is 2.73. The Bertz CT molecular complexity index is 322. The van der Waals surface area contributed by atoms with E-state index in [9.17, 15) is 0 Å². The molecular formula is C13H20ClN. The van der Waals surface area contributed by atoms with Gasteiger partial charge in [0.25, 0.3) is 0 Å². The summed E-state index contributed by atoms with van der Waals surface area (Å²) >= 11 is 6.11. The highest BCUT2D eigenvalue weighted by molar-refractivity contribution is 6.31. The fraction of sp³-hybridized carbons (Fsp3) is 0.538. The van der Waals surface area contributed by atoms with E-state index in [1.807, 2.05) is 14.0 Å². The van der Waals surface area contributed by atoms with Crippen LogP contribution in [0.4, 0.5) is 0 Å². The average molecular weight is 226 g/mol. The molecule has 15 heavy (non-hydrogen) atoms. The second-order valence-electron chi connectivity index (χ2n) is 4.34. The second-order valence-corrected chi connectivity index (χ2v) is 4.74. The van der Waals surface area contributed by atoms with Gasteiger partial charge in [0.1, 0.15) is 0 Å². The van der Waals surface area contributed by atoms with E-state index < -0.39 is 0 Å². The molecule has 1 N–H and O–H groups in total. The van der Waals surface area contributed by atoms with Gasteiger partial charge in [0.05, 0.1) is 0 Å². The Kier molecular flexibility index (Phi) is 4.62. The average Bonchev–Trinajstić information content (AvgIpc) is 2.21. The highest BCUT2D eigenvalue weighted by atomic mass is 35.5. The first-order chi connectivity index (χ1) is 7.04. The lowest BCUT2D eigenvalue weighted by Gasteiger charge is -2.17. The van der Waals surface area contributed by atoms with E-state index in [0.717, 1.165) is 17.0 Å². The highest BCUT2D eigenvalue weighted by Gasteiger charge is 2.10. The standard InChI is InChI=1S/C13H20ClN/c1-9-5-6-12(8-13(9)14)10(2)7-11(3)15-4/h5-6,8,10-11,15H,7H2,1-4H3. The smallest absolute Gasteiger partial charge is 0.0438 e. The summed E-state index contributed by atoms with van der Waals surface area (Å²) < 4.78 is 0. The molecule has 0 aromatic heterocycles. The van der Waals surface area contributed by atoms with Gasteiger partial charge < -0.3 is 5.32 Å². The lowest BCUT2D eigenvalue weighted by molar-refractivity contribution is 0.516. The second kappa shape index (κ2) is 5.53. The van der Waals surface area contributed by atoms with E-state index in [2.05, 4.69) is 37.4 Å². The number of halogens is 1. The molecule has 0 radical (unpaired) electrons. The van der Waals surface area contributed by atoms with Crippen molar-refractivity contribution in [3.05, 3.63) is 34.3 Å². The van der Waals surface area contributed by atoms with Gasteiger partial charge in [-0.15, -0.1) is 0 Å². The van der Waals surface area contributed by atoms with Gasteiger partial charge in [0.2, 0.25) is 0 Å². The summed E-state index contributed by atoms with van der Waals surface area (Å²) in [5.41, 5.74) is 2.47. The summed E-state index contributed by atoms with van der Waals surface area (Å²) in [6.07, 6.45) is 1.13. The Hall–Kier alpha value is -0.530. The largest absolute Gasteiger partial charge is 0.317 e. The van der Waals surface area contributed by atoms with Crippen LogP contribution in [-0.4, -0.2) is 13.1 Å². The van der Waals surface area contributed by atoms with Gasteiger partial charge in [-0.3, -0.25) is 0 Å². The van der Waals surface area contributed by atoms with E-state index in [1.165, 1.54) is 5.56 Å². The van der Waals surface area contributed by atoms with Crippen LogP contribution in [0.1, 0.15) is 37.3 Å². The molecule has 0 spiro atoms. The van der Waals surface area contributed by atoms with Crippen molar-refractivity contribution in [2.75, 3.05) is 7.05 Å². The van der Waals surface area contributed by atoms with Crippen LogP contribution < -0.4 is 5.32 Å². The van der Waals surface area contributed by atoms with Gasteiger partial charge in [-0.2, -0.15) is 0 Å². The molecule has 1 rings (SSSR count). The fourth-order valence-electron chi connectivity index (χ4n) is 1.70. The Morgan fingerprint density at radius 3 is 2.53 bits per heavy atom. The molecule has 0 saturated carbocycles. The minimum Gasteiger partial charge on any atom is -0.317 e. The van der Waals surface area contributed by atoms with Crippen LogP contribution >= 0.6 is 11.6 Å². The van der Waals surface area contributed by atoms with Crippen LogP contribution in [0.3, 0.4) is 0 Å². The van der Waals surface area contributed by atoms with Crippen molar-refractivity contribution < 1.29 is 0 Å². The van der Waals surface area contributed by atoms with Gasteiger partial charge in [-0.05, 0) is 50.4 Å². The Morgan fingerprint density at radius 1 is 1.33 bits per heavy atom. The summed E-state index contributed by atoms with van der Waals surface area (Å²) in [6, 6.07) is 6.90. The third-order valence-electron chi connectivity index (χ3n) is 2.96. The SMILES string of the molecule is CNC(C)CC(C)c1ccc(C)c(Cl)c1. The maximum absolute atomic E-state index is 6.11. The van der Waals surface area contributed by atoms with Crippen molar-refractivity contribution in [1.82, 2.24) is 5.32 Å². The highest BCUT2D eigenvalue weighted by Crippen LogP contribution is 2.25. The third-order valence-corrected chi connectivity index (χ3v) is 3.37. The molecule has 0 saturated heterocycles. The summed E-state index contributed by atoms with van der Waals surface area (Å²) in [7, 11) is 2.00. The Labute approximate surface area is 97.8 Å². The lowest BCUT2D eigenvalue weighted by atomic mass is 9.94. The van der Waals surface area contributed by atoms with E-state index in [-0.39, 0.29) is 0 Å². The molecule has 2 heteroatoms. The molecule has 0 amide bonds. The molecule has 1 nitrogen and oxygen atoms in total. The number of nitrogens with one attached hydrogen (secondary N) is 1. The topological polar surface area (TPSA) is 12.0 Å². The van der Waals surface area contributed by atoms with E-state index >= 15 is 0 Å². The molecule has 0 bridgehead atoms. The van der Waals surface area contributed by atoms with E-state index in [0.29, 0.717) is 12.0 Å². The zero-order valence-electron chi connectivity index (χ0n) is 9.97. The molecular weight excluding hydrogens is 206 g/mol. The van der Waals surface area contributed by atoms with Gasteiger partial charge in [-0.25, -0.2) is 0 Å². The molecule has 0 aliphatic rings. The first kappa shape index (κ1) is 12.5. The molecule has 1 aromatic carbocycles. The maximum atomic E-state index is 6.11. The predicted molar refractivity (Wildman–Crippen MR) is 67.7 cm³/mol. The number of hydrogen-bond donors (Lipinski definition) is 1. The van der Waals surface area contributed by atoms with Crippen molar-refractivity contribution in [3.63, 3.8) is 0 Å². The number of benzene rings is 1. The van der Waals surface area contributed by atoms with Crippen LogP contribution in [0, 0.1) is 6.92 Å². The van der Waals surface area contributed by atoms with Gasteiger partial charge >= 0.3 is 0 Å². The zero-order chi connectivity index (χ0) is 11.4. The molecule has 84 valence electrons. The van der Waals surface area contributed by atoms with Crippen LogP contribution in [0.5, 0.6) is 0 Å². The van der Waals surface area contributed by atoms with Crippen molar-refractivity contribution in [1.29, 1.82) is 0 Å². The van der Waals surface area contributed by atoms with Crippen molar-refractivity contribution >= 4 is 11.6 Å². The minimum atomic E-state index is 0.542. The number of hydrogen-bond acceptors (Lipinski definition) is 1. The van der Waals surface area contributed by atoms with Crippen molar-refractivity contribution in [2.24, 2.45) is 0 Å². The predicted octanol–water partition coefficient (Wildman–Crippen LogP) is 3.75. The first-order valence-corrected chi connectivity index (χ1v) is 5.85. The molecule has 0 aliphatic carbocycles. The van der Waals surface area contributed by atoms with Crippen LogP contribution in [0.2, 0.25) is 5.02 Å². The summed E-state index contributed by atoms with van der Waals surface area (Å²) in [6.45, 7) is 6.48. The van der Waals surface area contributed by atoms with Gasteiger partial charge in [0, 0.05) is 11.1 Å².